The fourth-order valence-corrected chi connectivity index (χ4v) is 1.85. The van der Waals surface area contributed by atoms with Gasteiger partial charge >= 0.3 is 6.03 Å². The molecule has 0 aliphatic carbocycles. The Morgan fingerprint density at radius 3 is 3.00 bits per heavy atom. The van der Waals surface area contributed by atoms with Gasteiger partial charge in [0.2, 0.25) is 0 Å². The molecule has 86 valence electrons. The minimum absolute atomic E-state index is 0.00667. The number of nitrogens with zero attached hydrogens (tertiary/aromatic N) is 1. The molecule has 0 radical (unpaired) electrons. The van der Waals surface area contributed by atoms with Crippen LogP contribution in [-0.4, -0.2) is 19.1 Å². The van der Waals surface area contributed by atoms with Crippen molar-refractivity contribution in [2.24, 2.45) is 5.73 Å². The predicted octanol–water partition coefficient (Wildman–Crippen LogP) is 1.63. The lowest BCUT2D eigenvalue weighted by atomic mass is 10.1. The second-order valence-electron chi connectivity index (χ2n) is 4.12. The largest absolute Gasteiger partial charge is 0.338 e. The lowest BCUT2D eigenvalue weighted by molar-refractivity contribution is 0.243. The van der Waals surface area contributed by atoms with Gasteiger partial charge in [0, 0.05) is 24.8 Å². The van der Waals surface area contributed by atoms with Crippen molar-refractivity contribution in [2.75, 3.05) is 18.0 Å². The van der Waals surface area contributed by atoms with Gasteiger partial charge in [0.1, 0.15) is 0 Å². The zero-order valence-electron chi connectivity index (χ0n) is 9.44. The van der Waals surface area contributed by atoms with Gasteiger partial charge in [-0.3, -0.25) is 4.90 Å². The number of nitrogens with one attached hydrogen (secondary N) is 1. The van der Waals surface area contributed by atoms with Crippen molar-refractivity contribution >= 4 is 11.7 Å². The average Bonchev–Trinajstić information content (AvgIpc) is 2.30. The monoisotopic (exact) mass is 219 g/mol. The van der Waals surface area contributed by atoms with Crippen molar-refractivity contribution in [2.45, 2.75) is 19.4 Å². The van der Waals surface area contributed by atoms with Crippen LogP contribution in [-0.2, 0) is 0 Å². The first-order valence-electron chi connectivity index (χ1n) is 5.59. The number of urea groups is 1. The molecule has 1 aromatic carbocycles. The van der Waals surface area contributed by atoms with Crippen LogP contribution in [0, 0.1) is 0 Å². The lowest BCUT2D eigenvalue weighted by Gasteiger charge is -2.28. The Kier molecular flexibility index (Phi) is 3.10. The van der Waals surface area contributed by atoms with E-state index >= 15 is 0 Å². The van der Waals surface area contributed by atoms with Crippen molar-refractivity contribution in [1.29, 1.82) is 0 Å². The van der Waals surface area contributed by atoms with Gasteiger partial charge in [-0.1, -0.05) is 12.1 Å². The van der Waals surface area contributed by atoms with Crippen molar-refractivity contribution in [3.8, 4) is 0 Å². The molecule has 4 nitrogen and oxygen atoms in total. The summed E-state index contributed by atoms with van der Waals surface area (Å²) < 4.78 is 0. The average molecular weight is 219 g/mol. The summed E-state index contributed by atoms with van der Waals surface area (Å²) in [5.41, 5.74) is 7.80. The topological polar surface area (TPSA) is 58.4 Å². The number of nitrogens with two attached hydrogens (primary N) is 1. The smallest absolute Gasteiger partial charge is 0.321 e. The molecule has 2 amide bonds. The molecule has 1 heterocycles. The Hall–Kier alpha value is -1.55. The second kappa shape index (κ2) is 4.53. The molecule has 1 atom stereocenters. The van der Waals surface area contributed by atoms with E-state index < -0.39 is 0 Å². The van der Waals surface area contributed by atoms with Gasteiger partial charge in [0.05, 0.1) is 0 Å². The van der Waals surface area contributed by atoms with Gasteiger partial charge in [-0.2, -0.15) is 0 Å². The highest BCUT2D eigenvalue weighted by Crippen LogP contribution is 2.20. The minimum atomic E-state index is -0.0203. The van der Waals surface area contributed by atoms with E-state index in [-0.39, 0.29) is 12.1 Å². The Labute approximate surface area is 95.4 Å². The Bertz CT molecular complexity index is 390. The van der Waals surface area contributed by atoms with Crippen LogP contribution in [0.4, 0.5) is 10.5 Å². The van der Waals surface area contributed by atoms with Crippen molar-refractivity contribution < 1.29 is 4.79 Å². The highest BCUT2D eigenvalue weighted by molar-refractivity contribution is 5.92. The molecule has 1 saturated heterocycles. The molecule has 0 aromatic heterocycles. The van der Waals surface area contributed by atoms with Crippen molar-refractivity contribution in [1.82, 2.24) is 5.32 Å². The van der Waals surface area contributed by atoms with Gasteiger partial charge in [-0.25, -0.2) is 4.79 Å². The number of carbonyl (C=O) groups excluding carboxylic acids is 1. The summed E-state index contributed by atoms with van der Waals surface area (Å²) in [7, 11) is 0. The van der Waals surface area contributed by atoms with E-state index in [1.807, 2.05) is 31.2 Å². The third-order valence-corrected chi connectivity index (χ3v) is 2.79. The SMILES string of the molecule is CC(N)c1cccc(N2CCCNC2=O)c1. The number of hydrogen-bond donors (Lipinski definition) is 2. The molecule has 1 aliphatic rings. The van der Waals surface area contributed by atoms with Crippen LogP contribution in [0.1, 0.15) is 24.9 Å². The quantitative estimate of drug-likeness (QED) is 0.794. The van der Waals surface area contributed by atoms with E-state index in [0.29, 0.717) is 0 Å². The molecule has 4 heteroatoms. The number of anilines is 1. The van der Waals surface area contributed by atoms with E-state index in [9.17, 15) is 4.79 Å². The molecule has 0 spiro atoms. The van der Waals surface area contributed by atoms with E-state index in [4.69, 9.17) is 5.73 Å². The van der Waals surface area contributed by atoms with Crippen LogP contribution in [0.25, 0.3) is 0 Å². The lowest BCUT2D eigenvalue weighted by Crippen LogP contribution is -2.46. The van der Waals surface area contributed by atoms with Gasteiger partial charge in [0.15, 0.2) is 0 Å². The number of benzene rings is 1. The maximum atomic E-state index is 11.7. The van der Waals surface area contributed by atoms with Crippen LogP contribution in [0.5, 0.6) is 0 Å². The second-order valence-corrected chi connectivity index (χ2v) is 4.12. The normalized spacial score (nSPS) is 18.1. The Balaban J connectivity index is 2.25. The number of carbonyl (C=O) groups is 1. The van der Waals surface area contributed by atoms with E-state index in [1.54, 1.807) is 4.90 Å². The summed E-state index contributed by atoms with van der Waals surface area (Å²) in [4.78, 5) is 13.4. The number of rotatable bonds is 2. The van der Waals surface area contributed by atoms with Gasteiger partial charge in [-0.05, 0) is 31.0 Å². The molecule has 2 rings (SSSR count). The van der Waals surface area contributed by atoms with Crippen LogP contribution in [0.15, 0.2) is 24.3 Å². The summed E-state index contributed by atoms with van der Waals surface area (Å²) in [6.07, 6.45) is 0.980. The summed E-state index contributed by atoms with van der Waals surface area (Å²) in [6.45, 7) is 3.48. The van der Waals surface area contributed by atoms with Crippen LogP contribution in [0.3, 0.4) is 0 Å². The molecular formula is C12H17N3O. The fraction of sp³-hybridized carbons (Fsp3) is 0.417. The van der Waals surface area contributed by atoms with Gasteiger partial charge in [-0.15, -0.1) is 0 Å². The third kappa shape index (κ3) is 2.17. The zero-order chi connectivity index (χ0) is 11.5. The van der Waals surface area contributed by atoms with Crippen LogP contribution >= 0.6 is 0 Å². The summed E-state index contributed by atoms with van der Waals surface area (Å²) in [5.74, 6) is 0. The molecule has 1 aromatic rings. The first-order valence-corrected chi connectivity index (χ1v) is 5.59. The summed E-state index contributed by atoms with van der Waals surface area (Å²) in [5, 5.41) is 2.84. The minimum Gasteiger partial charge on any atom is -0.338 e. The Morgan fingerprint density at radius 2 is 2.31 bits per heavy atom. The highest BCUT2D eigenvalue weighted by atomic mass is 16.2. The van der Waals surface area contributed by atoms with Crippen LogP contribution in [0.2, 0.25) is 0 Å². The molecule has 0 saturated carbocycles. The van der Waals surface area contributed by atoms with Crippen LogP contribution < -0.4 is 16.0 Å². The fourth-order valence-electron chi connectivity index (χ4n) is 1.85. The van der Waals surface area contributed by atoms with Gasteiger partial charge in [0.25, 0.3) is 0 Å². The van der Waals surface area contributed by atoms with Crippen molar-refractivity contribution in [3.05, 3.63) is 29.8 Å². The summed E-state index contributed by atoms with van der Waals surface area (Å²) >= 11 is 0. The van der Waals surface area contributed by atoms with Crippen molar-refractivity contribution in [3.63, 3.8) is 0 Å². The molecule has 3 N–H and O–H groups in total. The molecular weight excluding hydrogens is 202 g/mol. The maximum absolute atomic E-state index is 11.7. The third-order valence-electron chi connectivity index (χ3n) is 2.79. The van der Waals surface area contributed by atoms with Gasteiger partial charge < -0.3 is 11.1 Å². The first-order chi connectivity index (χ1) is 7.68. The number of hydrogen-bond acceptors (Lipinski definition) is 2. The molecule has 0 bridgehead atoms. The standard InChI is InChI=1S/C12H17N3O/c1-9(13)10-4-2-5-11(8-10)15-7-3-6-14-12(15)16/h2,4-5,8-9H,3,6-7,13H2,1H3,(H,14,16). The Morgan fingerprint density at radius 1 is 1.50 bits per heavy atom. The molecule has 1 fully saturated rings. The molecule has 16 heavy (non-hydrogen) atoms. The van der Waals surface area contributed by atoms with E-state index in [0.717, 1.165) is 30.8 Å². The maximum Gasteiger partial charge on any atom is 0.321 e. The molecule has 1 aliphatic heterocycles. The zero-order valence-corrected chi connectivity index (χ0v) is 9.44. The highest BCUT2D eigenvalue weighted by Gasteiger charge is 2.19. The summed E-state index contributed by atoms with van der Waals surface area (Å²) in [6, 6.07) is 7.82. The number of amides is 2. The van der Waals surface area contributed by atoms with E-state index in [1.165, 1.54) is 0 Å². The first kappa shape index (κ1) is 11.0. The molecule has 1 unspecified atom stereocenters. The predicted molar refractivity (Wildman–Crippen MR) is 64.4 cm³/mol. The van der Waals surface area contributed by atoms with E-state index in [2.05, 4.69) is 5.32 Å².